The van der Waals surface area contributed by atoms with E-state index in [1.54, 1.807) is 0 Å². The van der Waals surface area contributed by atoms with Gasteiger partial charge in [-0.05, 0) is 17.7 Å². The molecule has 20 heavy (non-hydrogen) atoms. The van der Waals surface area contributed by atoms with Gasteiger partial charge in [-0.1, -0.05) is 30.3 Å². The number of aliphatic hydroxyl groups excluding tert-OH is 1. The first kappa shape index (κ1) is 13.7. The summed E-state index contributed by atoms with van der Waals surface area (Å²) in [4.78, 5) is 15.9. The SMILES string of the molecule is N#Cc1ccc(C(=O)N[C@H](CO)c2ccccc2)nc1. The van der Waals surface area contributed by atoms with Crippen LogP contribution < -0.4 is 5.32 Å². The summed E-state index contributed by atoms with van der Waals surface area (Å²) in [6, 6.07) is 13.6. The average molecular weight is 267 g/mol. The molecule has 1 aromatic heterocycles. The summed E-state index contributed by atoms with van der Waals surface area (Å²) in [5.74, 6) is -0.391. The summed E-state index contributed by atoms with van der Waals surface area (Å²) in [7, 11) is 0. The number of nitrogens with zero attached hydrogens (tertiary/aromatic N) is 2. The van der Waals surface area contributed by atoms with Gasteiger partial charge in [0.2, 0.25) is 0 Å². The molecule has 5 heteroatoms. The summed E-state index contributed by atoms with van der Waals surface area (Å²) >= 11 is 0. The second kappa shape index (κ2) is 6.45. The van der Waals surface area contributed by atoms with Gasteiger partial charge in [-0.3, -0.25) is 4.79 Å². The van der Waals surface area contributed by atoms with Crippen molar-refractivity contribution in [3.8, 4) is 6.07 Å². The van der Waals surface area contributed by atoms with Crippen LogP contribution in [0.2, 0.25) is 0 Å². The maximum Gasteiger partial charge on any atom is 0.270 e. The molecule has 0 saturated carbocycles. The number of amides is 1. The lowest BCUT2D eigenvalue weighted by Crippen LogP contribution is -2.31. The van der Waals surface area contributed by atoms with Gasteiger partial charge < -0.3 is 10.4 Å². The van der Waals surface area contributed by atoms with Crippen LogP contribution in [0.15, 0.2) is 48.7 Å². The highest BCUT2D eigenvalue weighted by molar-refractivity contribution is 5.92. The maximum absolute atomic E-state index is 12.0. The van der Waals surface area contributed by atoms with E-state index in [1.807, 2.05) is 36.4 Å². The van der Waals surface area contributed by atoms with Crippen molar-refractivity contribution in [2.24, 2.45) is 0 Å². The third-order valence-electron chi connectivity index (χ3n) is 2.82. The summed E-state index contributed by atoms with van der Waals surface area (Å²) < 4.78 is 0. The Hall–Kier alpha value is -2.71. The molecule has 1 aromatic carbocycles. The molecule has 2 rings (SSSR count). The number of nitrogens with one attached hydrogen (secondary N) is 1. The minimum Gasteiger partial charge on any atom is -0.394 e. The van der Waals surface area contributed by atoms with Gasteiger partial charge in [-0.15, -0.1) is 0 Å². The number of aliphatic hydroxyl groups is 1. The minimum absolute atomic E-state index is 0.202. The lowest BCUT2D eigenvalue weighted by atomic mass is 10.1. The third kappa shape index (κ3) is 3.19. The molecule has 0 aliphatic carbocycles. The predicted octanol–water partition coefficient (Wildman–Crippen LogP) is 1.42. The second-order valence-corrected chi connectivity index (χ2v) is 4.16. The predicted molar refractivity (Wildman–Crippen MR) is 72.7 cm³/mol. The molecule has 1 amide bonds. The number of benzene rings is 1. The Morgan fingerprint density at radius 3 is 2.60 bits per heavy atom. The second-order valence-electron chi connectivity index (χ2n) is 4.16. The van der Waals surface area contributed by atoms with Crippen molar-refractivity contribution in [1.82, 2.24) is 10.3 Å². The Morgan fingerprint density at radius 2 is 2.05 bits per heavy atom. The van der Waals surface area contributed by atoms with Crippen LogP contribution in [-0.4, -0.2) is 22.6 Å². The maximum atomic E-state index is 12.0. The van der Waals surface area contributed by atoms with E-state index in [4.69, 9.17) is 5.26 Å². The van der Waals surface area contributed by atoms with E-state index >= 15 is 0 Å². The molecule has 0 aliphatic rings. The van der Waals surface area contributed by atoms with E-state index in [1.165, 1.54) is 18.3 Å². The Balaban J connectivity index is 2.11. The number of nitriles is 1. The van der Waals surface area contributed by atoms with Gasteiger partial charge in [-0.25, -0.2) is 4.98 Å². The molecule has 2 N–H and O–H groups in total. The van der Waals surface area contributed by atoms with Crippen molar-refractivity contribution >= 4 is 5.91 Å². The van der Waals surface area contributed by atoms with Crippen molar-refractivity contribution in [3.05, 3.63) is 65.5 Å². The van der Waals surface area contributed by atoms with E-state index in [9.17, 15) is 9.90 Å². The fraction of sp³-hybridized carbons (Fsp3) is 0.133. The van der Waals surface area contributed by atoms with Crippen LogP contribution in [0, 0.1) is 11.3 Å². The first-order valence-corrected chi connectivity index (χ1v) is 6.07. The van der Waals surface area contributed by atoms with Crippen LogP contribution in [0.4, 0.5) is 0 Å². The van der Waals surface area contributed by atoms with Crippen LogP contribution in [0.1, 0.15) is 27.7 Å². The summed E-state index contributed by atoms with van der Waals surface area (Å²) in [6.07, 6.45) is 1.34. The number of pyridine rings is 1. The van der Waals surface area contributed by atoms with Crippen LogP contribution in [0.5, 0.6) is 0 Å². The highest BCUT2D eigenvalue weighted by Crippen LogP contribution is 2.12. The number of rotatable bonds is 4. The van der Waals surface area contributed by atoms with Gasteiger partial charge in [0.25, 0.3) is 5.91 Å². The van der Waals surface area contributed by atoms with Crippen LogP contribution >= 0.6 is 0 Å². The molecule has 0 radical (unpaired) electrons. The quantitative estimate of drug-likeness (QED) is 0.877. The van der Waals surface area contributed by atoms with Gasteiger partial charge in [0, 0.05) is 6.20 Å². The monoisotopic (exact) mass is 267 g/mol. The van der Waals surface area contributed by atoms with Crippen molar-refractivity contribution in [3.63, 3.8) is 0 Å². The van der Waals surface area contributed by atoms with E-state index in [2.05, 4.69) is 10.3 Å². The molecule has 0 bridgehead atoms. The van der Waals surface area contributed by atoms with E-state index < -0.39 is 11.9 Å². The molecule has 1 heterocycles. The van der Waals surface area contributed by atoms with Crippen molar-refractivity contribution < 1.29 is 9.90 Å². The number of carbonyl (C=O) groups is 1. The molecule has 2 aromatic rings. The lowest BCUT2D eigenvalue weighted by molar-refractivity contribution is 0.0911. The largest absolute Gasteiger partial charge is 0.394 e. The summed E-state index contributed by atoms with van der Waals surface area (Å²) in [5, 5.41) is 20.8. The van der Waals surface area contributed by atoms with Crippen molar-refractivity contribution in [2.75, 3.05) is 6.61 Å². The van der Waals surface area contributed by atoms with Gasteiger partial charge in [0.1, 0.15) is 11.8 Å². The van der Waals surface area contributed by atoms with Crippen molar-refractivity contribution in [2.45, 2.75) is 6.04 Å². The zero-order chi connectivity index (χ0) is 14.4. The normalized spacial score (nSPS) is 11.4. The fourth-order valence-corrected chi connectivity index (χ4v) is 1.75. The summed E-state index contributed by atoms with van der Waals surface area (Å²) in [5.41, 5.74) is 1.42. The summed E-state index contributed by atoms with van der Waals surface area (Å²) in [6.45, 7) is -0.202. The van der Waals surface area contributed by atoms with Gasteiger partial charge >= 0.3 is 0 Å². The molecular weight excluding hydrogens is 254 g/mol. The molecule has 0 fully saturated rings. The topological polar surface area (TPSA) is 86.0 Å². The Morgan fingerprint density at radius 1 is 1.30 bits per heavy atom. The average Bonchev–Trinajstić information content (AvgIpc) is 2.53. The van der Waals surface area contributed by atoms with Gasteiger partial charge in [0.05, 0.1) is 18.2 Å². The molecule has 0 aliphatic heterocycles. The number of aromatic nitrogens is 1. The highest BCUT2D eigenvalue weighted by atomic mass is 16.3. The Labute approximate surface area is 116 Å². The molecule has 5 nitrogen and oxygen atoms in total. The smallest absolute Gasteiger partial charge is 0.270 e. The first-order chi connectivity index (χ1) is 9.74. The Kier molecular flexibility index (Phi) is 4.43. The Bertz CT molecular complexity index is 618. The number of carbonyl (C=O) groups excluding carboxylic acids is 1. The lowest BCUT2D eigenvalue weighted by Gasteiger charge is -2.16. The zero-order valence-electron chi connectivity index (χ0n) is 10.7. The standard InChI is InChI=1S/C15H13N3O2/c16-8-11-6-7-13(17-9-11)15(20)18-14(10-19)12-4-2-1-3-5-12/h1-7,9,14,19H,10H2,(H,18,20)/t14-/m1/s1. The highest BCUT2D eigenvalue weighted by Gasteiger charge is 2.15. The molecular formula is C15H13N3O2. The number of hydrogen-bond donors (Lipinski definition) is 2. The number of hydrogen-bond acceptors (Lipinski definition) is 4. The first-order valence-electron chi connectivity index (χ1n) is 6.07. The fourth-order valence-electron chi connectivity index (χ4n) is 1.75. The minimum atomic E-state index is -0.485. The van der Waals surface area contributed by atoms with Crippen LogP contribution in [0.3, 0.4) is 0 Å². The molecule has 0 spiro atoms. The van der Waals surface area contributed by atoms with Gasteiger partial charge in [0.15, 0.2) is 0 Å². The van der Waals surface area contributed by atoms with E-state index in [-0.39, 0.29) is 12.3 Å². The molecule has 0 unspecified atom stereocenters. The van der Waals surface area contributed by atoms with E-state index in [0.717, 1.165) is 5.56 Å². The zero-order valence-corrected chi connectivity index (χ0v) is 10.7. The third-order valence-corrected chi connectivity index (χ3v) is 2.82. The van der Waals surface area contributed by atoms with Crippen LogP contribution in [0.25, 0.3) is 0 Å². The van der Waals surface area contributed by atoms with Gasteiger partial charge in [-0.2, -0.15) is 5.26 Å². The molecule has 0 saturated heterocycles. The van der Waals surface area contributed by atoms with Crippen molar-refractivity contribution in [1.29, 1.82) is 5.26 Å². The molecule has 100 valence electrons. The van der Waals surface area contributed by atoms with Crippen LogP contribution in [-0.2, 0) is 0 Å². The van der Waals surface area contributed by atoms with E-state index in [0.29, 0.717) is 5.56 Å². The molecule has 1 atom stereocenters.